The number of carbonyl (C=O) groups is 1. The van der Waals surface area contributed by atoms with E-state index in [2.05, 4.69) is 20.5 Å². The molecule has 1 aromatic heterocycles. The molecule has 3 N–H and O–H groups in total. The Bertz CT molecular complexity index is 464. The molecule has 0 atom stereocenters. The van der Waals surface area contributed by atoms with Crippen LogP contribution < -0.4 is 5.32 Å². The molecule has 0 spiro atoms. The zero-order chi connectivity index (χ0) is 15.1. The van der Waals surface area contributed by atoms with E-state index >= 15 is 0 Å². The Hall–Kier alpha value is -1.43. The maximum absolute atomic E-state index is 12.1. The van der Waals surface area contributed by atoms with Crippen LogP contribution in [0.25, 0.3) is 0 Å². The fourth-order valence-corrected chi connectivity index (χ4v) is 1.19. The van der Waals surface area contributed by atoms with Crippen LogP contribution in [0.4, 0.5) is 0 Å². The van der Waals surface area contributed by atoms with Gasteiger partial charge in [0.25, 0.3) is 5.91 Å². The van der Waals surface area contributed by atoms with Crippen molar-refractivity contribution in [1.82, 2.24) is 20.5 Å². The fourth-order valence-electron chi connectivity index (χ4n) is 1.19. The molecule has 0 saturated heterocycles. The van der Waals surface area contributed by atoms with E-state index < -0.39 is 17.0 Å². The minimum atomic E-state index is -1.05. The van der Waals surface area contributed by atoms with E-state index in [1.165, 1.54) is 0 Å². The Labute approximate surface area is 114 Å². The first-order valence-corrected chi connectivity index (χ1v) is 6.32. The first-order valence-electron chi connectivity index (χ1n) is 6.32. The average molecular weight is 268 g/mol. The standard InChI is InChI=1S/C13H24N4O2/c1-11(2,3)10-14-8(16-17-10)9(18)15-12(4,5)13(6,7)19/h19H,1-7H3,(H,15,18)(H,14,16,17). The zero-order valence-corrected chi connectivity index (χ0v) is 12.7. The van der Waals surface area contributed by atoms with E-state index in [9.17, 15) is 9.90 Å². The van der Waals surface area contributed by atoms with Gasteiger partial charge < -0.3 is 10.4 Å². The molecule has 0 aliphatic carbocycles. The van der Waals surface area contributed by atoms with E-state index in [1.54, 1.807) is 27.7 Å². The van der Waals surface area contributed by atoms with Crippen molar-refractivity contribution in [2.45, 2.75) is 65.0 Å². The molecular weight excluding hydrogens is 244 g/mol. The molecule has 1 aromatic rings. The number of carbonyl (C=O) groups excluding carboxylic acids is 1. The summed E-state index contributed by atoms with van der Waals surface area (Å²) < 4.78 is 0. The number of aliphatic hydroxyl groups is 1. The van der Waals surface area contributed by atoms with Gasteiger partial charge in [-0.05, 0) is 27.7 Å². The van der Waals surface area contributed by atoms with Crippen molar-refractivity contribution >= 4 is 5.91 Å². The minimum Gasteiger partial charge on any atom is -0.388 e. The Morgan fingerprint density at radius 1 is 1.16 bits per heavy atom. The summed E-state index contributed by atoms with van der Waals surface area (Å²) in [6.07, 6.45) is 0. The minimum absolute atomic E-state index is 0.0854. The smallest absolute Gasteiger partial charge is 0.291 e. The van der Waals surface area contributed by atoms with Crippen LogP contribution >= 0.6 is 0 Å². The highest BCUT2D eigenvalue weighted by Gasteiger charge is 2.37. The zero-order valence-electron chi connectivity index (χ0n) is 12.7. The van der Waals surface area contributed by atoms with Crippen molar-refractivity contribution in [3.8, 4) is 0 Å². The van der Waals surface area contributed by atoms with Crippen molar-refractivity contribution in [3.63, 3.8) is 0 Å². The average Bonchev–Trinajstić information content (AvgIpc) is 2.62. The van der Waals surface area contributed by atoms with Gasteiger partial charge in [0, 0.05) is 5.41 Å². The lowest BCUT2D eigenvalue weighted by atomic mass is 9.86. The fraction of sp³-hybridized carbons (Fsp3) is 0.769. The van der Waals surface area contributed by atoms with Crippen LogP contribution in [-0.4, -0.2) is 37.3 Å². The van der Waals surface area contributed by atoms with E-state index in [0.29, 0.717) is 5.82 Å². The third-order valence-corrected chi connectivity index (χ3v) is 3.35. The third-order valence-electron chi connectivity index (χ3n) is 3.35. The topological polar surface area (TPSA) is 90.9 Å². The molecule has 0 saturated carbocycles. The number of amides is 1. The van der Waals surface area contributed by atoms with Gasteiger partial charge in [-0.2, -0.15) is 0 Å². The highest BCUT2D eigenvalue weighted by molar-refractivity contribution is 5.91. The van der Waals surface area contributed by atoms with Gasteiger partial charge in [-0.25, -0.2) is 4.98 Å². The van der Waals surface area contributed by atoms with E-state index in [-0.39, 0.29) is 11.2 Å². The monoisotopic (exact) mass is 268 g/mol. The van der Waals surface area contributed by atoms with Crippen LogP contribution in [-0.2, 0) is 5.41 Å². The number of hydrogen-bond donors (Lipinski definition) is 3. The van der Waals surface area contributed by atoms with Crippen LogP contribution in [0.1, 0.15) is 64.9 Å². The second kappa shape index (κ2) is 4.59. The maximum Gasteiger partial charge on any atom is 0.291 e. The second-order valence-corrected chi connectivity index (χ2v) is 6.90. The number of rotatable bonds is 3. The molecule has 0 aliphatic heterocycles. The first kappa shape index (κ1) is 15.6. The Kier molecular flexibility index (Phi) is 3.78. The summed E-state index contributed by atoms with van der Waals surface area (Å²) in [5.74, 6) is 0.333. The third kappa shape index (κ3) is 3.53. The van der Waals surface area contributed by atoms with Gasteiger partial charge in [0.15, 0.2) is 0 Å². The summed E-state index contributed by atoms with van der Waals surface area (Å²) in [7, 11) is 0. The Morgan fingerprint density at radius 2 is 1.68 bits per heavy atom. The number of nitrogens with zero attached hydrogens (tertiary/aromatic N) is 2. The number of aromatic amines is 1. The molecular formula is C13H24N4O2. The van der Waals surface area contributed by atoms with Gasteiger partial charge >= 0.3 is 0 Å². The predicted molar refractivity (Wildman–Crippen MR) is 72.9 cm³/mol. The molecule has 0 unspecified atom stereocenters. The quantitative estimate of drug-likeness (QED) is 0.772. The lowest BCUT2D eigenvalue weighted by Gasteiger charge is -2.37. The van der Waals surface area contributed by atoms with Crippen molar-refractivity contribution in [3.05, 3.63) is 11.6 Å². The van der Waals surface area contributed by atoms with E-state index in [4.69, 9.17) is 0 Å². The predicted octanol–water partition coefficient (Wildman–Crippen LogP) is 1.38. The summed E-state index contributed by atoms with van der Waals surface area (Å²) in [4.78, 5) is 16.3. The molecule has 0 bridgehead atoms. The van der Waals surface area contributed by atoms with E-state index in [1.807, 2.05) is 20.8 Å². The maximum atomic E-state index is 12.1. The summed E-state index contributed by atoms with van der Waals surface area (Å²) >= 11 is 0. The van der Waals surface area contributed by atoms with Crippen LogP contribution in [0.3, 0.4) is 0 Å². The molecule has 1 rings (SSSR count). The van der Waals surface area contributed by atoms with Crippen molar-refractivity contribution in [2.24, 2.45) is 0 Å². The molecule has 108 valence electrons. The van der Waals surface area contributed by atoms with Gasteiger partial charge in [0.1, 0.15) is 5.82 Å². The Balaban J connectivity index is 2.89. The second-order valence-electron chi connectivity index (χ2n) is 6.90. The molecule has 6 heteroatoms. The highest BCUT2D eigenvalue weighted by atomic mass is 16.3. The lowest BCUT2D eigenvalue weighted by molar-refractivity contribution is -0.00312. The lowest BCUT2D eigenvalue weighted by Crippen LogP contribution is -2.57. The van der Waals surface area contributed by atoms with Gasteiger partial charge in [-0.15, -0.1) is 5.10 Å². The summed E-state index contributed by atoms with van der Waals surface area (Å²) in [5.41, 5.74) is -2.03. The van der Waals surface area contributed by atoms with Crippen LogP contribution in [0.15, 0.2) is 0 Å². The number of hydrogen-bond acceptors (Lipinski definition) is 4. The molecule has 19 heavy (non-hydrogen) atoms. The van der Waals surface area contributed by atoms with Crippen LogP contribution in [0.2, 0.25) is 0 Å². The van der Waals surface area contributed by atoms with Gasteiger partial charge in [0.2, 0.25) is 5.82 Å². The highest BCUT2D eigenvalue weighted by Crippen LogP contribution is 2.21. The molecule has 0 aliphatic rings. The number of nitrogens with one attached hydrogen (secondary N) is 2. The number of aromatic nitrogens is 3. The molecule has 6 nitrogen and oxygen atoms in total. The normalized spacial score (nSPS) is 13.5. The SMILES string of the molecule is CC(C)(C)c1nc(C(=O)NC(C)(C)C(C)(C)O)n[nH]1. The van der Waals surface area contributed by atoms with Gasteiger partial charge in [-0.1, -0.05) is 20.8 Å². The van der Waals surface area contributed by atoms with Crippen molar-refractivity contribution in [2.75, 3.05) is 0 Å². The largest absolute Gasteiger partial charge is 0.388 e. The molecule has 0 fully saturated rings. The molecule has 0 radical (unpaired) electrons. The molecule has 1 amide bonds. The van der Waals surface area contributed by atoms with Gasteiger partial charge in [0.05, 0.1) is 11.1 Å². The molecule has 1 heterocycles. The van der Waals surface area contributed by atoms with Crippen LogP contribution in [0.5, 0.6) is 0 Å². The van der Waals surface area contributed by atoms with Crippen molar-refractivity contribution < 1.29 is 9.90 Å². The molecule has 0 aromatic carbocycles. The first-order chi connectivity index (χ1) is 8.34. The van der Waals surface area contributed by atoms with Gasteiger partial charge in [-0.3, -0.25) is 9.89 Å². The van der Waals surface area contributed by atoms with Crippen molar-refractivity contribution in [1.29, 1.82) is 0 Å². The van der Waals surface area contributed by atoms with E-state index in [0.717, 1.165) is 0 Å². The summed E-state index contributed by atoms with van der Waals surface area (Å²) in [5, 5.41) is 19.4. The Morgan fingerprint density at radius 3 is 2.05 bits per heavy atom. The van der Waals surface area contributed by atoms with Crippen LogP contribution in [0, 0.1) is 0 Å². The summed E-state index contributed by atoms with van der Waals surface area (Å²) in [6, 6.07) is 0. The number of H-pyrrole nitrogens is 1. The summed E-state index contributed by atoms with van der Waals surface area (Å²) in [6.45, 7) is 12.7.